The van der Waals surface area contributed by atoms with Gasteiger partial charge in [0, 0.05) is 12.3 Å². The fraction of sp³-hybridized carbons (Fsp3) is 0.357. The molecule has 1 rings (SSSR count). The van der Waals surface area contributed by atoms with Crippen LogP contribution in [0.1, 0.15) is 26.3 Å². The number of hydrogen-bond donors (Lipinski definition) is 0. The molecule has 0 aliphatic carbocycles. The van der Waals surface area contributed by atoms with E-state index in [0.717, 1.165) is 12.0 Å². The summed E-state index contributed by atoms with van der Waals surface area (Å²) in [4.78, 5) is 11.8. The molecule has 80 valence electrons. The summed E-state index contributed by atoms with van der Waals surface area (Å²) in [6.07, 6.45) is 2.67. The Balaban J connectivity index is 2.76. The standard InChI is InChI=1S/C14H18O/c1-4-13(14(15)11(2)3)10-12-8-6-5-7-9-12/h4-9,11H,10H2,1-3H3. The number of benzene rings is 1. The minimum absolute atomic E-state index is 0.0833. The van der Waals surface area contributed by atoms with Gasteiger partial charge >= 0.3 is 0 Å². The van der Waals surface area contributed by atoms with E-state index in [9.17, 15) is 4.79 Å². The Bertz CT molecular complexity index is 347. The maximum Gasteiger partial charge on any atom is 0.161 e. The minimum Gasteiger partial charge on any atom is -0.294 e. The van der Waals surface area contributed by atoms with Crippen molar-refractivity contribution in [1.82, 2.24) is 0 Å². The third-order valence-corrected chi connectivity index (χ3v) is 2.43. The average molecular weight is 202 g/mol. The zero-order valence-corrected chi connectivity index (χ0v) is 9.66. The predicted molar refractivity (Wildman–Crippen MR) is 63.7 cm³/mol. The van der Waals surface area contributed by atoms with Gasteiger partial charge in [0.05, 0.1) is 0 Å². The molecule has 0 unspecified atom stereocenters. The molecule has 0 radical (unpaired) electrons. The van der Waals surface area contributed by atoms with Gasteiger partial charge in [-0.2, -0.15) is 0 Å². The van der Waals surface area contributed by atoms with Crippen LogP contribution in [0.25, 0.3) is 0 Å². The second-order valence-electron chi connectivity index (χ2n) is 4.00. The number of allylic oxidation sites excluding steroid dienone is 2. The van der Waals surface area contributed by atoms with E-state index in [-0.39, 0.29) is 11.7 Å². The number of hydrogen-bond acceptors (Lipinski definition) is 1. The van der Waals surface area contributed by atoms with E-state index in [1.54, 1.807) is 0 Å². The van der Waals surface area contributed by atoms with Gasteiger partial charge < -0.3 is 0 Å². The molecule has 0 atom stereocenters. The maximum atomic E-state index is 11.8. The zero-order valence-electron chi connectivity index (χ0n) is 9.66. The van der Waals surface area contributed by atoms with Gasteiger partial charge in [0.25, 0.3) is 0 Å². The summed E-state index contributed by atoms with van der Waals surface area (Å²) < 4.78 is 0. The quantitative estimate of drug-likeness (QED) is 0.684. The first-order valence-corrected chi connectivity index (χ1v) is 5.38. The zero-order chi connectivity index (χ0) is 11.3. The third kappa shape index (κ3) is 3.35. The molecule has 0 spiro atoms. The van der Waals surface area contributed by atoms with Crippen LogP contribution in [0.4, 0.5) is 0 Å². The van der Waals surface area contributed by atoms with Crippen molar-refractivity contribution >= 4 is 5.78 Å². The lowest BCUT2D eigenvalue weighted by Gasteiger charge is -2.08. The third-order valence-electron chi connectivity index (χ3n) is 2.43. The fourth-order valence-electron chi connectivity index (χ4n) is 1.52. The molecular formula is C14H18O. The molecule has 0 amide bonds. The van der Waals surface area contributed by atoms with Gasteiger partial charge in [-0.05, 0) is 18.1 Å². The van der Waals surface area contributed by atoms with Crippen molar-refractivity contribution in [3.63, 3.8) is 0 Å². The summed E-state index contributed by atoms with van der Waals surface area (Å²) >= 11 is 0. The van der Waals surface area contributed by atoms with Crippen LogP contribution in [-0.4, -0.2) is 5.78 Å². The molecule has 15 heavy (non-hydrogen) atoms. The van der Waals surface area contributed by atoms with Crippen LogP contribution in [0.15, 0.2) is 42.0 Å². The normalized spacial score (nSPS) is 11.9. The van der Waals surface area contributed by atoms with E-state index < -0.39 is 0 Å². The molecule has 0 bridgehead atoms. The number of carbonyl (C=O) groups excluding carboxylic acids is 1. The number of carbonyl (C=O) groups is 1. The van der Waals surface area contributed by atoms with Crippen molar-refractivity contribution in [1.29, 1.82) is 0 Å². The SMILES string of the molecule is CC=C(Cc1ccccc1)C(=O)C(C)C. The van der Waals surface area contributed by atoms with Crippen molar-refractivity contribution in [2.75, 3.05) is 0 Å². The van der Waals surface area contributed by atoms with Crippen molar-refractivity contribution < 1.29 is 4.79 Å². The second-order valence-corrected chi connectivity index (χ2v) is 4.00. The van der Waals surface area contributed by atoms with E-state index in [1.165, 1.54) is 5.56 Å². The van der Waals surface area contributed by atoms with Crippen LogP contribution >= 0.6 is 0 Å². The Kier molecular flexibility index (Phi) is 4.29. The van der Waals surface area contributed by atoms with E-state index >= 15 is 0 Å². The summed E-state index contributed by atoms with van der Waals surface area (Å²) in [5, 5.41) is 0. The highest BCUT2D eigenvalue weighted by molar-refractivity contribution is 5.96. The average Bonchev–Trinajstić information content (AvgIpc) is 2.26. The summed E-state index contributed by atoms with van der Waals surface area (Å²) in [7, 11) is 0. The molecule has 0 aromatic heterocycles. The lowest BCUT2D eigenvalue weighted by atomic mass is 9.95. The monoisotopic (exact) mass is 202 g/mol. The Hall–Kier alpha value is -1.37. The van der Waals surface area contributed by atoms with Gasteiger partial charge in [-0.1, -0.05) is 50.3 Å². The van der Waals surface area contributed by atoms with Crippen LogP contribution < -0.4 is 0 Å². The Morgan fingerprint density at radius 1 is 1.27 bits per heavy atom. The largest absolute Gasteiger partial charge is 0.294 e. The Morgan fingerprint density at radius 3 is 2.33 bits per heavy atom. The van der Waals surface area contributed by atoms with Crippen LogP contribution in [0, 0.1) is 5.92 Å². The van der Waals surface area contributed by atoms with Crippen LogP contribution in [0.2, 0.25) is 0 Å². The van der Waals surface area contributed by atoms with Gasteiger partial charge in [-0.3, -0.25) is 4.79 Å². The van der Waals surface area contributed by atoms with E-state index in [1.807, 2.05) is 45.0 Å². The highest BCUT2D eigenvalue weighted by Crippen LogP contribution is 2.12. The van der Waals surface area contributed by atoms with Crippen molar-refractivity contribution in [3.8, 4) is 0 Å². The smallest absolute Gasteiger partial charge is 0.161 e. The topological polar surface area (TPSA) is 17.1 Å². The van der Waals surface area contributed by atoms with E-state index in [2.05, 4.69) is 12.1 Å². The summed E-state index contributed by atoms with van der Waals surface area (Å²) in [5.41, 5.74) is 2.11. The molecule has 0 saturated carbocycles. The summed E-state index contributed by atoms with van der Waals surface area (Å²) in [5.74, 6) is 0.335. The Morgan fingerprint density at radius 2 is 1.87 bits per heavy atom. The van der Waals surface area contributed by atoms with Gasteiger partial charge in [-0.25, -0.2) is 0 Å². The van der Waals surface area contributed by atoms with Gasteiger partial charge in [0.2, 0.25) is 0 Å². The molecule has 1 heteroatoms. The Labute approximate surface area is 91.8 Å². The van der Waals surface area contributed by atoms with Crippen LogP contribution in [0.3, 0.4) is 0 Å². The summed E-state index contributed by atoms with van der Waals surface area (Å²) in [6, 6.07) is 10.1. The molecular weight excluding hydrogens is 184 g/mol. The molecule has 1 aromatic rings. The van der Waals surface area contributed by atoms with E-state index in [4.69, 9.17) is 0 Å². The van der Waals surface area contributed by atoms with Crippen LogP contribution in [-0.2, 0) is 11.2 Å². The highest BCUT2D eigenvalue weighted by Gasteiger charge is 2.12. The molecule has 0 aliphatic heterocycles. The van der Waals surface area contributed by atoms with Crippen LogP contribution in [0.5, 0.6) is 0 Å². The number of Topliss-reactive ketones (excluding diaryl/α,β-unsaturated/α-hetero) is 1. The first-order chi connectivity index (χ1) is 7.15. The maximum absolute atomic E-state index is 11.8. The lowest BCUT2D eigenvalue weighted by molar-refractivity contribution is -0.118. The summed E-state index contributed by atoms with van der Waals surface area (Å²) in [6.45, 7) is 5.81. The van der Waals surface area contributed by atoms with Gasteiger partial charge in [-0.15, -0.1) is 0 Å². The lowest BCUT2D eigenvalue weighted by Crippen LogP contribution is -2.12. The number of ketones is 1. The molecule has 1 nitrogen and oxygen atoms in total. The molecule has 0 saturated heterocycles. The van der Waals surface area contributed by atoms with Crippen molar-refractivity contribution in [2.45, 2.75) is 27.2 Å². The van der Waals surface area contributed by atoms with Crippen molar-refractivity contribution in [2.24, 2.45) is 5.92 Å². The highest BCUT2D eigenvalue weighted by atomic mass is 16.1. The first-order valence-electron chi connectivity index (χ1n) is 5.38. The minimum atomic E-state index is 0.0833. The molecule has 0 fully saturated rings. The van der Waals surface area contributed by atoms with Gasteiger partial charge in [0.15, 0.2) is 5.78 Å². The van der Waals surface area contributed by atoms with E-state index in [0.29, 0.717) is 0 Å². The number of rotatable bonds is 4. The molecule has 1 aromatic carbocycles. The first kappa shape index (κ1) is 11.7. The second kappa shape index (κ2) is 5.50. The fourth-order valence-corrected chi connectivity index (χ4v) is 1.52. The molecule has 0 N–H and O–H groups in total. The molecule has 0 aliphatic rings. The predicted octanol–water partition coefficient (Wildman–Crippen LogP) is 3.40. The van der Waals surface area contributed by atoms with Crippen molar-refractivity contribution in [3.05, 3.63) is 47.5 Å². The van der Waals surface area contributed by atoms with Gasteiger partial charge in [0.1, 0.15) is 0 Å². The molecule has 0 heterocycles.